The van der Waals surface area contributed by atoms with Crippen molar-refractivity contribution in [3.05, 3.63) is 60.8 Å². The minimum absolute atomic E-state index is 0.183. The maximum atomic E-state index is 12.1. The lowest BCUT2D eigenvalue weighted by atomic mass is 10.1. The molecule has 4 nitrogen and oxygen atoms in total. The summed E-state index contributed by atoms with van der Waals surface area (Å²) >= 11 is 0. The van der Waals surface area contributed by atoms with Crippen LogP contribution in [-0.4, -0.2) is 37.0 Å². The number of aliphatic hydroxyl groups excluding tert-OH is 1. The zero-order chi connectivity index (χ0) is 31.3. The molecule has 43 heavy (non-hydrogen) atoms. The first-order valence-corrected chi connectivity index (χ1v) is 17.9. The second kappa shape index (κ2) is 36.3. The molecule has 0 aromatic rings. The molecule has 0 saturated heterocycles. The Balaban J connectivity index is 3.49. The van der Waals surface area contributed by atoms with E-state index >= 15 is 0 Å². The molecule has 0 rings (SSSR count). The summed E-state index contributed by atoms with van der Waals surface area (Å²) < 4.78 is 11.1. The minimum Gasteiger partial charge on any atom is -0.457 e. The molecule has 1 unspecified atom stereocenters. The van der Waals surface area contributed by atoms with Gasteiger partial charge in [0.1, 0.15) is 6.10 Å². The number of hydrogen-bond donors (Lipinski definition) is 1. The summed E-state index contributed by atoms with van der Waals surface area (Å²) in [6, 6.07) is 0. The molecule has 0 aliphatic rings. The summed E-state index contributed by atoms with van der Waals surface area (Å²) in [5, 5.41) is 9.54. The summed E-state index contributed by atoms with van der Waals surface area (Å²) in [5.41, 5.74) is 0. The van der Waals surface area contributed by atoms with Crippen molar-refractivity contribution in [1.82, 2.24) is 0 Å². The lowest BCUT2D eigenvalue weighted by Crippen LogP contribution is -2.27. The third kappa shape index (κ3) is 34.4. The highest BCUT2D eigenvalue weighted by Gasteiger charge is 2.13. The number of allylic oxidation sites excluding steroid dienone is 10. The van der Waals surface area contributed by atoms with E-state index in [0.717, 1.165) is 57.8 Å². The van der Waals surface area contributed by atoms with Crippen molar-refractivity contribution in [2.45, 2.75) is 161 Å². The van der Waals surface area contributed by atoms with Crippen molar-refractivity contribution in [1.29, 1.82) is 0 Å². The van der Waals surface area contributed by atoms with Gasteiger partial charge in [0.05, 0.1) is 13.2 Å². The van der Waals surface area contributed by atoms with E-state index in [-0.39, 0.29) is 19.2 Å². The number of ether oxygens (including phenoxy) is 2. The Morgan fingerprint density at radius 1 is 0.581 bits per heavy atom. The first-order valence-electron chi connectivity index (χ1n) is 17.9. The Kier molecular flexibility index (Phi) is 34.7. The topological polar surface area (TPSA) is 55.8 Å². The van der Waals surface area contributed by atoms with Crippen LogP contribution >= 0.6 is 0 Å². The van der Waals surface area contributed by atoms with Crippen LogP contribution in [0.5, 0.6) is 0 Å². The van der Waals surface area contributed by atoms with Crippen molar-refractivity contribution in [3.63, 3.8) is 0 Å². The molecule has 1 N–H and O–H groups in total. The second-order valence-electron chi connectivity index (χ2n) is 11.6. The standard InChI is InChI=1S/C39H68O4/c1-3-5-7-9-11-13-15-17-18-19-20-21-23-25-27-29-31-33-35-42-37-38(36-40)43-39(41)34-32-30-28-26-24-22-16-14-12-10-8-6-4-2/h5,7-8,10-11,13-14,16-18,38,40H,3-4,6,9,12,15,19-37H2,1-2H3/b7-5-,10-8-,13-11-,16-14-,18-17-. The van der Waals surface area contributed by atoms with E-state index in [0.29, 0.717) is 13.0 Å². The van der Waals surface area contributed by atoms with Crippen LogP contribution in [0.25, 0.3) is 0 Å². The fraction of sp³-hybridized carbons (Fsp3) is 0.718. The van der Waals surface area contributed by atoms with Crippen LogP contribution in [-0.2, 0) is 14.3 Å². The highest BCUT2D eigenvalue weighted by atomic mass is 16.6. The summed E-state index contributed by atoms with van der Waals surface area (Å²) in [6.45, 7) is 5.13. The van der Waals surface area contributed by atoms with Gasteiger partial charge in [-0.3, -0.25) is 4.79 Å². The Labute approximate surface area is 266 Å². The molecule has 0 aliphatic heterocycles. The van der Waals surface area contributed by atoms with Crippen LogP contribution in [0.15, 0.2) is 60.8 Å². The van der Waals surface area contributed by atoms with Crippen molar-refractivity contribution in [3.8, 4) is 0 Å². The molecule has 0 radical (unpaired) electrons. The lowest BCUT2D eigenvalue weighted by Gasteiger charge is -2.15. The molecule has 0 aliphatic carbocycles. The van der Waals surface area contributed by atoms with Gasteiger partial charge in [0.25, 0.3) is 0 Å². The molecule has 4 heteroatoms. The summed E-state index contributed by atoms with van der Waals surface area (Å²) in [7, 11) is 0. The van der Waals surface area contributed by atoms with Crippen molar-refractivity contribution in [2.75, 3.05) is 19.8 Å². The fourth-order valence-corrected chi connectivity index (χ4v) is 4.67. The highest BCUT2D eigenvalue weighted by Crippen LogP contribution is 2.11. The summed E-state index contributed by atoms with van der Waals surface area (Å²) in [5.74, 6) is -0.221. The molecule has 0 aromatic heterocycles. The Bertz CT molecular complexity index is 719. The van der Waals surface area contributed by atoms with Crippen LogP contribution < -0.4 is 0 Å². The van der Waals surface area contributed by atoms with Gasteiger partial charge in [0.2, 0.25) is 0 Å². The van der Waals surface area contributed by atoms with Crippen molar-refractivity contribution >= 4 is 5.97 Å². The number of carbonyl (C=O) groups excluding carboxylic acids is 1. The zero-order valence-electron chi connectivity index (χ0n) is 28.2. The number of unbranched alkanes of at least 4 members (excludes halogenated alkanes) is 14. The highest BCUT2D eigenvalue weighted by molar-refractivity contribution is 5.69. The van der Waals surface area contributed by atoms with Crippen LogP contribution in [0.2, 0.25) is 0 Å². The summed E-state index contributed by atoms with van der Waals surface area (Å²) in [4.78, 5) is 12.1. The molecule has 0 aromatic carbocycles. The van der Waals surface area contributed by atoms with Gasteiger partial charge in [-0.15, -0.1) is 0 Å². The van der Waals surface area contributed by atoms with E-state index in [9.17, 15) is 9.90 Å². The molecule has 0 heterocycles. The molecule has 0 saturated carbocycles. The molecular weight excluding hydrogens is 532 g/mol. The van der Waals surface area contributed by atoms with E-state index < -0.39 is 6.10 Å². The maximum Gasteiger partial charge on any atom is 0.306 e. The molecule has 0 fully saturated rings. The van der Waals surface area contributed by atoms with E-state index in [1.807, 2.05) is 0 Å². The van der Waals surface area contributed by atoms with Gasteiger partial charge in [-0.05, 0) is 70.6 Å². The average Bonchev–Trinajstić information content (AvgIpc) is 3.01. The predicted molar refractivity (Wildman–Crippen MR) is 186 cm³/mol. The molecule has 0 amide bonds. The predicted octanol–water partition coefficient (Wildman–Crippen LogP) is 11.3. The third-order valence-electron chi connectivity index (χ3n) is 7.31. The number of esters is 1. The van der Waals surface area contributed by atoms with E-state index in [1.54, 1.807) is 0 Å². The van der Waals surface area contributed by atoms with Crippen LogP contribution in [0.1, 0.15) is 155 Å². The van der Waals surface area contributed by atoms with Gasteiger partial charge in [0.15, 0.2) is 0 Å². The van der Waals surface area contributed by atoms with Gasteiger partial charge >= 0.3 is 5.97 Å². The number of aliphatic hydroxyl groups is 1. The smallest absolute Gasteiger partial charge is 0.306 e. The maximum absolute atomic E-state index is 12.1. The van der Waals surface area contributed by atoms with Gasteiger partial charge in [0, 0.05) is 13.0 Å². The Morgan fingerprint density at radius 2 is 1.05 bits per heavy atom. The van der Waals surface area contributed by atoms with Crippen LogP contribution in [0.4, 0.5) is 0 Å². The quantitative estimate of drug-likeness (QED) is 0.0474. The van der Waals surface area contributed by atoms with Gasteiger partial charge in [-0.2, -0.15) is 0 Å². The molecule has 248 valence electrons. The normalized spacial score (nSPS) is 13.1. The molecule has 0 spiro atoms. The SMILES string of the molecule is CC/C=C\C/C=C\C/C=C\CCCCCCCCCCOCC(CO)OC(=O)CCCCCCC/C=C\C/C=C\CCC. The largest absolute Gasteiger partial charge is 0.457 e. The van der Waals surface area contributed by atoms with Crippen LogP contribution in [0.3, 0.4) is 0 Å². The van der Waals surface area contributed by atoms with Crippen LogP contribution in [0, 0.1) is 0 Å². The lowest BCUT2D eigenvalue weighted by molar-refractivity contribution is -0.154. The first-order chi connectivity index (χ1) is 21.2. The third-order valence-corrected chi connectivity index (χ3v) is 7.31. The fourth-order valence-electron chi connectivity index (χ4n) is 4.67. The minimum atomic E-state index is -0.546. The second-order valence-corrected chi connectivity index (χ2v) is 11.6. The monoisotopic (exact) mass is 601 g/mol. The van der Waals surface area contributed by atoms with E-state index in [1.165, 1.54) is 77.0 Å². The molecular formula is C39H68O4. The van der Waals surface area contributed by atoms with Gasteiger partial charge in [-0.25, -0.2) is 0 Å². The molecule has 1 atom stereocenters. The number of hydrogen-bond acceptors (Lipinski definition) is 4. The Morgan fingerprint density at radius 3 is 1.58 bits per heavy atom. The first kappa shape index (κ1) is 41.1. The molecule has 0 bridgehead atoms. The number of carbonyl (C=O) groups is 1. The van der Waals surface area contributed by atoms with Crippen molar-refractivity contribution in [2.24, 2.45) is 0 Å². The average molecular weight is 601 g/mol. The van der Waals surface area contributed by atoms with Gasteiger partial charge < -0.3 is 14.6 Å². The van der Waals surface area contributed by atoms with E-state index in [4.69, 9.17) is 9.47 Å². The zero-order valence-corrected chi connectivity index (χ0v) is 28.2. The number of rotatable bonds is 32. The van der Waals surface area contributed by atoms with E-state index in [2.05, 4.69) is 74.6 Å². The van der Waals surface area contributed by atoms with Crippen molar-refractivity contribution < 1.29 is 19.4 Å². The van der Waals surface area contributed by atoms with Gasteiger partial charge in [-0.1, -0.05) is 139 Å². The summed E-state index contributed by atoms with van der Waals surface area (Å²) in [6.07, 6.45) is 46.9. The Hall–Kier alpha value is -1.91.